The van der Waals surface area contributed by atoms with Gasteiger partial charge < -0.3 is 9.80 Å². The number of carbonyl (C=O) groups is 2. The fraction of sp³-hybridized carbons (Fsp3) is 0.444. The standard InChI is InChI=1S/C18H21N7O2S/c26-17(7-3-6-16-20-14-4-1-2-5-15(14)28-16)23-8-10-24(11-9-23)18(27)12-25-13-19-21-22-25/h1-2,4-5,13H,3,6-12H2. The van der Waals surface area contributed by atoms with Gasteiger partial charge in [0.2, 0.25) is 11.8 Å². The summed E-state index contributed by atoms with van der Waals surface area (Å²) in [7, 11) is 0. The monoisotopic (exact) mass is 399 g/mol. The Morgan fingerprint density at radius 1 is 1.04 bits per heavy atom. The van der Waals surface area contributed by atoms with Crippen LogP contribution in [0.4, 0.5) is 0 Å². The fourth-order valence-electron chi connectivity index (χ4n) is 3.27. The molecule has 0 radical (unpaired) electrons. The smallest absolute Gasteiger partial charge is 0.244 e. The molecule has 0 bridgehead atoms. The molecule has 1 aromatic carbocycles. The van der Waals surface area contributed by atoms with Crippen LogP contribution in [-0.4, -0.2) is 73.0 Å². The van der Waals surface area contributed by atoms with E-state index in [1.165, 1.54) is 15.7 Å². The molecule has 1 aliphatic heterocycles. The van der Waals surface area contributed by atoms with E-state index in [2.05, 4.69) is 26.6 Å². The zero-order chi connectivity index (χ0) is 19.3. The van der Waals surface area contributed by atoms with Crippen LogP contribution in [-0.2, 0) is 22.6 Å². The molecule has 0 aliphatic carbocycles. The summed E-state index contributed by atoms with van der Waals surface area (Å²) in [4.78, 5) is 32.9. The molecule has 0 spiro atoms. The first kappa shape index (κ1) is 18.5. The van der Waals surface area contributed by atoms with Gasteiger partial charge in [-0.15, -0.1) is 16.4 Å². The lowest BCUT2D eigenvalue weighted by Gasteiger charge is -2.34. The van der Waals surface area contributed by atoms with Crippen molar-refractivity contribution in [2.75, 3.05) is 26.2 Å². The van der Waals surface area contributed by atoms with Crippen molar-refractivity contribution < 1.29 is 9.59 Å². The van der Waals surface area contributed by atoms with Crippen molar-refractivity contribution in [1.82, 2.24) is 35.0 Å². The molecule has 0 N–H and O–H groups in total. The summed E-state index contributed by atoms with van der Waals surface area (Å²) in [6, 6.07) is 8.09. The zero-order valence-electron chi connectivity index (χ0n) is 15.4. The van der Waals surface area contributed by atoms with Gasteiger partial charge in [-0.05, 0) is 35.4 Å². The lowest BCUT2D eigenvalue weighted by molar-refractivity contribution is -0.140. The predicted molar refractivity (Wildman–Crippen MR) is 104 cm³/mol. The van der Waals surface area contributed by atoms with E-state index >= 15 is 0 Å². The maximum atomic E-state index is 12.5. The molecule has 10 heteroatoms. The number of fused-ring (bicyclic) bond motifs is 1. The van der Waals surface area contributed by atoms with Gasteiger partial charge in [-0.25, -0.2) is 9.67 Å². The van der Waals surface area contributed by atoms with Crippen LogP contribution >= 0.6 is 11.3 Å². The number of amides is 2. The summed E-state index contributed by atoms with van der Waals surface area (Å²) in [6.07, 6.45) is 3.53. The second kappa shape index (κ2) is 8.42. The quantitative estimate of drug-likeness (QED) is 0.613. The molecule has 2 amide bonds. The Morgan fingerprint density at radius 2 is 1.79 bits per heavy atom. The molecular weight excluding hydrogens is 378 g/mol. The first-order valence-corrected chi connectivity index (χ1v) is 10.1. The lowest BCUT2D eigenvalue weighted by atomic mass is 10.2. The van der Waals surface area contributed by atoms with Gasteiger partial charge >= 0.3 is 0 Å². The summed E-state index contributed by atoms with van der Waals surface area (Å²) in [5, 5.41) is 11.8. The van der Waals surface area contributed by atoms with Crippen molar-refractivity contribution in [3.63, 3.8) is 0 Å². The van der Waals surface area contributed by atoms with E-state index in [1.54, 1.807) is 16.2 Å². The highest BCUT2D eigenvalue weighted by atomic mass is 32.1. The molecule has 1 saturated heterocycles. The van der Waals surface area contributed by atoms with E-state index in [1.807, 2.05) is 23.1 Å². The number of carbonyl (C=O) groups excluding carboxylic acids is 2. The van der Waals surface area contributed by atoms with E-state index in [9.17, 15) is 9.59 Å². The second-order valence-corrected chi connectivity index (χ2v) is 7.81. The van der Waals surface area contributed by atoms with Crippen LogP contribution in [0.25, 0.3) is 10.2 Å². The number of aromatic nitrogens is 5. The molecule has 0 atom stereocenters. The summed E-state index contributed by atoms with van der Waals surface area (Å²) < 4.78 is 2.59. The number of para-hydroxylation sites is 1. The normalized spacial score (nSPS) is 14.6. The Kier molecular flexibility index (Phi) is 5.56. The molecule has 28 heavy (non-hydrogen) atoms. The number of aryl methyl sites for hydroxylation is 1. The lowest BCUT2D eigenvalue weighted by Crippen LogP contribution is -2.51. The number of piperazine rings is 1. The molecule has 9 nitrogen and oxygen atoms in total. The van der Waals surface area contributed by atoms with Gasteiger partial charge in [0, 0.05) is 32.6 Å². The molecular formula is C18H21N7O2S. The number of thiazole rings is 1. The topological polar surface area (TPSA) is 97.1 Å². The van der Waals surface area contributed by atoms with Crippen molar-refractivity contribution in [1.29, 1.82) is 0 Å². The van der Waals surface area contributed by atoms with Crippen molar-refractivity contribution in [3.05, 3.63) is 35.6 Å². The Morgan fingerprint density at radius 3 is 2.50 bits per heavy atom. The Balaban J connectivity index is 1.20. The number of tetrazole rings is 1. The number of rotatable bonds is 6. The number of nitrogens with zero attached hydrogens (tertiary/aromatic N) is 7. The molecule has 4 rings (SSSR count). The summed E-state index contributed by atoms with van der Waals surface area (Å²) in [5.74, 6) is 0.115. The van der Waals surface area contributed by atoms with Gasteiger partial charge in [-0.3, -0.25) is 9.59 Å². The van der Waals surface area contributed by atoms with Crippen LogP contribution in [0, 0.1) is 0 Å². The maximum absolute atomic E-state index is 12.5. The van der Waals surface area contributed by atoms with E-state index in [4.69, 9.17) is 0 Å². The van der Waals surface area contributed by atoms with Gasteiger partial charge in [0.1, 0.15) is 12.9 Å². The minimum absolute atomic E-state index is 0.0322. The Labute approximate surface area is 165 Å². The largest absolute Gasteiger partial charge is 0.339 e. The van der Waals surface area contributed by atoms with Crippen molar-refractivity contribution >= 4 is 33.4 Å². The molecule has 3 aromatic rings. The molecule has 1 aliphatic rings. The van der Waals surface area contributed by atoms with Crippen molar-refractivity contribution in [2.24, 2.45) is 0 Å². The first-order valence-electron chi connectivity index (χ1n) is 9.30. The van der Waals surface area contributed by atoms with Crippen LogP contribution in [0.15, 0.2) is 30.6 Å². The van der Waals surface area contributed by atoms with E-state index in [-0.39, 0.29) is 18.4 Å². The highest BCUT2D eigenvalue weighted by Gasteiger charge is 2.24. The van der Waals surface area contributed by atoms with E-state index in [0.717, 1.165) is 23.4 Å². The van der Waals surface area contributed by atoms with Crippen LogP contribution in [0.5, 0.6) is 0 Å². The van der Waals surface area contributed by atoms with Gasteiger partial charge in [0.15, 0.2) is 0 Å². The second-order valence-electron chi connectivity index (χ2n) is 6.70. The number of hydrogen-bond donors (Lipinski definition) is 0. The third-order valence-corrected chi connectivity index (χ3v) is 5.89. The summed E-state index contributed by atoms with van der Waals surface area (Å²) in [5.41, 5.74) is 1.02. The maximum Gasteiger partial charge on any atom is 0.244 e. The van der Waals surface area contributed by atoms with E-state index < -0.39 is 0 Å². The van der Waals surface area contributed by atoms with Crippen molar-refractivity contribution in [2.45, 2.75) is 25.8 Å². The van der Waals surface area contributed by atoms with Crippen LogP contribution in [0.2, 0.25) is 0 Å². The average Bonchev–Trinajstić information content (AvgIpc) is 3.37. The molecule has 3 heterocycles. The predicted octanol–water partition coefficient (Wildman–Crippen LogP) is 0.976. The molecule has 146 valence electrons. The van der Waals surface area contributed by atoms with Crippen LogP contribution in [0.1, 0.15) is 17.8 Å². The summed E-state index contributed by atoms with van der Waals surface area (Å²) >= 11 is 1.69. The van der Waals surface area contributed by atoms with Gasteiger partial charge in [0.05, 0.1) is 15.2 Å². The minimum atomic E-state index is -0.0322. The fourth-order valence-corrected chi connectivity index (χ4v) is 4.28. The van der Waals surface area contributed by atoms with Gasteiger partial charge in [-0.2, -0.15) is 0 Å². The molecule has 0 saturated carbocycles. The third kappa shape index (κ3) is 4.33. The number of hydrogen-bond acceptors (Lipinski definition) is 7. The van der Waals surface area contributed by atoms with Gasteiger partial charge in [-0.1, -0.05) is 12.1 Å². The first-order chi connectivity index (χ1) is 13.7. The van der Waals surface area contributed by atoms with E-state index in [0.29, 0.717) is 32.6 Å². The third-order valence-electron chi connectivity index (χ3n) is 4.79. The van der Waals surface area contributed by atoms with Crippen LogP contribution in [0.3, 0.4) is 0 Å². The average molecular weight is 399 g/mol. The molecule has 0 unspecified atom stereocenters. The Hall–Kier alpha value is -2.88. The highest BCUT2D eigenvalue weighted by molar-refractivity contribution is 7.18. The minimum Gasteiger partial charge on any atom is -0.339 e. The highest BCUT2D eigenvalue weighted by Crippen LogP contribution is 2.22. The van der Waals surface area contributed by atoms with Gasteiger partial charge in [0.25, 0.3) is 0 Å². The van der Waals surface area contributed by atoms with Crippen LogP contribution < -0.4 is 0 Å². The molecule has 1 fully saturated rings. The molecule has 2 aromatic heterocycles. The SMILES string of the molecule is O=C(CCCc1nc2ccccc2s1)N1CCN(C(=O)Cn2cnnn2)CC1. The van der Waals surface area contributed by atoms with Crippen molar-refractivity contribution in [3.8, 4) is 0 Å². The number of benzene rings is 1. The Bertz CT molecular complexity index is 915. The zero-order valence-corrected chi connectivity index (χ0v) is 16.2. The summed E-state index contributed by atoms with van der Waals surface area (Å²) in [6.45, 7) is 2.36.